The topological polar surface area (TPSA) is 72.5 Å². The quantitative estimate of drug-likeness (QED) is 0.737. The van der Waals surface area contributed by atoms with E-state index in [1.54, 1.807) is 6.92 Å². The standard InChI is InChI=1S/C10H17NO4S/c1-10(4-5-11-9(10)12)16(13,14)8-2-6-15-7-3-8/h8H,2-7H2,1H3,(H,11,12). The predicted molar refractivity (Wildman–Crippen MR) is 58.8 cm³/mol. The Morgan fingerprint density at radius 3 is 2.50 bits per heavy atom. The van der Waals surface area contributed by atoms with Gasteiger partial charge in [0.1, 0.15) is 4.75 Å². The van der Waals surface area contributed by atoms with Crippen molar-refractivity contribution in [3.63, 3.8) is 0 Å². The number of rotatable bonds is 2. The van der Waals surface area contributed by atoms with Crippen molar-refractivity contribution < 1.29 is 17.9 Å². The zero-order valence-electron chi connectivity index (χ0n) is 9.36. The highest BCUT2D eigenvalue weighted by atomic mass is 32.2. The molecule has 1 unspecified atom stereocenters. The number of carbonyl (C=O) groups excluding carboxylic acids is 1. The minimum absolute atomic E-state index is 0.348. The first-order valence-corrected chi connectivity index (χ1v) is 7.12. The van der Waals surface area contributed by atoms with Gasteiger partial charge in [-0.25, -0.2) is 8.42 Å². The van der Waals surface area contributed by atoms with Gasteiger partial charge in [0.05, 0.1) is 5.25 Å². The Bertz CT molecular complexity index is 386. The van der Waals surface area contributed by atoms with Crippen molar-refractivity contribution in [1.29, 1.82) is 0 Å². The van der Waals surface area contributed by atoms with Crippen LogP contribution in [0.4, 0.5) is 0 Å². The Balaban J connectivity index is 2.27. The molecular weight excluding hydrogens is 230 g/mol. The van der Waals surface area contributed by atoms with E-state index in [9.17, 15) is 13.2 Å². The van der Waals surface area contributed by atoms with Crippen LogP contribution in [0.1, 0.15) is 26.2 Å². The van der Waals surface area contributed by atoms with Crippen molar-refractivity contribution in [2.45, 2.75) is 36.2 Å². The molecule has 0 saturated carbocycles. The third kappa shape index (κ3) is 1.64. The Hall–Kier alpha value is -0.620. The lowest BCUT2D eigenvalue weighted by Gasteiger charge is -2.29. The highest BCUT2D eigenvalue weighted by Crippen LogP contribution is 2.32. The fourth-order valence-corrected chi connectivity index (χ4v) is 4.61. The summed E-state index contributed by atoms with van der Waals surface area (Å²) >= 11 is 0. The van der Waals surface area contributed by atoms with Crippen LogP contribution < -0.4 is 5.32 Å². The average Bonchev–Trinajstić information content (AvgIpc) is 2.62. The molecule has 1 N–H and O–H groups in total. The van der Waals surface area contributed by atoms with E-state index >= 15 is 0 Å². The van der Waals surface area contributed by atoms with E-state index in [0.29, 0.717) is 39.0 Å². The highest BCUT2D eigenvalue weighted by molar-refractivity contribution is 7.94. The van der Waals surface area contributed by atoms with Gasteiger partial charge in [-0.1, -0.05) is 0 Å². The summed E-state index contributed by atoms with van der Waals surface area (Å²) in [5.74, 6) is -0.348. The molecule has 2 aliphatic heterocycles. The number of nitrogens with one attached hydrogen (secondary N) is 1. The molecule has 0 aromatic heterocycles. The van der Waals surface area contributed by atoms with E-state index in [4.69, 9.17) is 4.74 Å². The number of ether oxygens (including phenoxy) is 1. The molecule has 1 amide bonds. The normalized spacial score (nSPS) is 32.7. The van der Waals surface area contributed by atoms with Crippen molar-refractivity contribution in [3.8, 4) is 0 Å². The van der Waals surface area contributed by atoms with Gasteiger partial charge in [0, 0.05) is 19.8 Å². The third-order valence-electron chi connectivity index (χ3n) is 3.60. The molecule has 0 aromatic carbocycles. The summed E-state index contributed by atoms with van der Waals surface area (Å²) in [5, 5.41) is 2.18. The molecule has 0 spiro atoms. The van der Waals surface area contributed by atoms with Crippen LogP contribution in [0.25, 0.3) is 0 Å². The van der Waals surface area contributed by atoms with Gasteiger partial charge in [-0.05, 0) is 26.2 Å². The molecule has 2 fully saturated rings. The minimum Gasteiger partial charge on any atom is -0.381 e. The molecule has 0 aromatic rings. The molecule has 2 saturated heterocycles. The van der Waals surface area contributed by atoms with Crippen LogP contribution in [0.15, 0.2) is 0 Å². The van der Waals surface area contributed by atoms with Crippen LogP contribution in [0.3, 0.4) is 0 Å². The maximum Gasteiger partial charge on any atom is 0.241 e. The lowest BCUT2D eigenvalue weighted by Crippen LogP contribution is -2.48. The van der Waals surface area contributed by atoms with Crippen LogP contribution in [-0.4, -0.2) is 44.1 Å². The lowest BCUT2D eigenvalue weighted by molar-refractivity contribution is -0.121. The van der Waals surface area contributed by atoms with Gasteiger partial charge < -0.3 is 10.1 Å². The lowest BCUT2D eigenvalue weighted by atomic mass is 10.1. The summed E-state index contributed by atoms with van der Waals surface area (Å²) in [6.45, 7) is 2.95. The summed E-state index contributed by atoms with van der Waals surface area (Å²) in [4.78, 5) is 11.7. The van der Waals surface area contributed by atoms with Gasteiger partial charge in [0.15, 0.2) is 9.84 Å². The number of sulfone groups is 1. The van der Waals surface area contributed by atoms with Crippen LogP contribution >= 0.6 is 0 Å². The van der Waals surface area contributed by atoms with E-state index in [0.717, 1.165) is 0 Å². The molecule has 6 heteroatoms. The van der Waals surface area contributed by atoms with Gasteiger partial charge in [0.2, 0.25) is 5.91 Å². The first-order chi connectivity index (χ1) is 7.48. The summed E-state index contributed by atoms with van der Waals surface area (Å²) in [6.07, 6.45) is 1.39. The molecule has 5 nitrogen and oxygen atoms in total. The third-order valence-corrected chi connectivity index (χ3v) is 6.60. The summed E-state index contributed by atoms with van der Waals surface area (Å²) in [6, 6.07) is 0. The first-order valence-electron chi connectivity index (χ1n) is 5.58. The fourth-order valence-electron chi connectivity index (χ4n) is 2.34. The summed E-state index contributed by atoms with van der Waals surface area (Å²) < 4.78 is 28.7. The van der Waals surface area contributed by atoms with Crippen molar-refractivity contribution >= 4 is 15.7 Å². The van der Waals surface area contributed by atoms with Gasteiger partial charge in [-0.3, -0.25) is 4.79 Å². The molecule has 0 bridgehead atoms. The molecule has 1 atom stereocenters. The van der Waals surface area contributed by atoms with Crippen molar-refractivity contribution in [3.05, 3.63) is 0 Å². The van der Waals surface area contributed by atoms with Crippen molar-refractivity contribution in [2.75, 3.05) is 19.8 Å². The van der Waals surface area contributed by atoms with Crippen molar-refractivity contribution in [2.24, 2.45) is 0 Å². The van der Waals surface area contributed by atoms with Gasteiger partial charge in [-0.15, -0.1) is 0 Å². The average molecular weight is 247 g/mol. The monoisotopic (exact) mass is 247 g/mol. The Morgan fingerprint density at radius 1 is 1.38 bits per heavy atom. The molecule has 2 rings (SSSR count). The van der Waals surface area contributed by atoms with Crippen LogP contribution in [0.2, 0.25) is 0 Å². The number of hydrogen-bond acceptors (Lipinski definition) is 4. The van der Waals surface area contributed by atoms with E-state index in [-0.39, 0.29) is 5.91 Å². The summed E-state index contributed by atoms with van der Waals surface area (Å²) in [7, 11) is -3.40. The molecule has 92 valence electrons. The zero-order valence-corrected chi connectivity index (χ0v) is 10.2. The minimum atomic E-state index is -3.40. The van der Waals surface area contributed by atoms with Gasteiger partial charge in [0.25, 0.3) is 0 Å². The molecule has 2 aliphatic rings. The second-order valence-corrected chi connectivity index (χ2v) is 7.25. The smallest absolute Gasteiger partial charge is 0.241 e. The second-order valence-electron chi connectivity index (χ2n) is 4.59. The number of amides is 1. The zero-order chi connectivity index (χ0) is 11.8. The maximum atomic E-state index is 12.4. The SMILES string of the molecule is CC1(S(=O)(=O)C2CCOCC2)CCNC1=O. The van der Waals surface area contributed by atoms with E-state index in [1.165, 1.54) is 0 Å². The van der Waals surface area contributed by atoms with Crippen LogP contribution in [-0.2, 0) is 19.4 Å². The van der Waals surface area contributed by atoms with Gasteiger partial charge in [-0.2, -0.15) is 0 Å². The largest absolute Gasteiger partial charge is 0.381 e. The Kier molecular flexibility index (Phi) is 2.96. The number of hydrogen-bond donors (Lipinski definition) is 1. The fraction of sp³-hybridized carbons (Fsp3) is 0.900. The summed E-state index contributed by atoms with van der Waals surface area (Å²) in [5.41, 5.74) is 0. The van der Waals surface area contributed by atoms with Gasteiger partial charge >= 0.3 is 0 Å². The van der Waals surface area contributed by atoms with E-state index < -0.39 is 19.8 Å². The molecular formula is C10H17NO4S. The molecule has 2 heterocycles. The predicted octanol–water partition coefficient (Wildman–Crippen LogP) is -0.141. The maximum absolute atomic E-state index is 12.4. The molecule has 0 aliphatic carbocycles. The van der Waals surface area contributed by atoms with E-state index in [1.807, 2.05) is 0 Å². The second kappa shape index (κ2) is 4.00. The van der Waals surface area contributed by atoms with E-state index in [2.05, 4.69) is 5.32 Å². The van der Waals surface area contributed by atoms with Crippen LogP contribution in [0, 0.1) is 0 Å². The Morgan fingerprint density at radius 2 is 2.00 bits per heavy atom. The highest BCUT2D eigenvalue weighted by Gasteiger charge is 2.52. The molecule has 0 radical (unpaired) electrons. The Labute approximate surface area is 95.5 Å². The molecule has 16 heavy (non-hydrogen) atoms. The van der Waals surface area contributed by atoms with Crippen LogP contribution in [0.5, 0.6) is 0 Å². The van der Waals surface area contributed by atoms with Crippen molar-refractivity contribution in [1.82, 2.24) is 5.32 Å². The number of carbonyl (C=O) groups is 1. The first kappa shape index (κ1) is 11.9.